The van der Waals surface area contributed by atoms with E-state index in [1.807, 2.05) is 47.2 Å². The Morgan fingerprint density at radius 1 is 1.26 bits per heavy atom. The molecule has 0 saturated carbocycles. The number of nitrogens with zero attached hydrogens (tertiary/aromatic N) is 2. The zero-order valence-corrected chi connectivity index (χ0v) is 13.3. The monoisotopic (exact) mass is 322 g/mol. The number of ether oxygens (including phenoxy) is 1. The van der Waals surface area contributed by atoms with E-state index >= 15 is 0 Å². The van der Waals surface area contributed by atoms with Gasteiger partial charge in [-0.15, -0.1) is 0 Å². The van der Waals surface area contributed by atoms with Crippen LogP contribution in [0.4, 0.5) is 0 Å². The molecule has 0 fully saturated rings. The third-order valence-electron chi connectivity index (χ3n) is 3.08. The van der Waals surface area contributed by atoms with Crippen molar-refractivity contribution in [3.05, 3.63) is 70.2 Å². The SMILES string of the molecule is CCOC(=O)c1cn(-c2ccccc2)nc1C#Cc1ccsc1. The Bertz CT molecular complexity index is 856. The van der Waals surface area contributed by atoms with Crippen molar-refractivity contribution in [3.8, 4) is 17.5 Å². The number of para-hydroxylation sites is 1. The highest BCUT2D eigenvalue weighted by Crippen LogP contribution is 2.13. The van der Waals surface area contributed by atoms with Crippen LogP contribution >= 0.6 is 11.3 Å². The molecule has 3 rings (SSSR count). The molecule has 0 aliphatic heterocycles. The number of benzene rings is 1. The Balaban J connectivity index is 2.02. The number of hydrogen-bond acceptors (Lipinski definition) is 4. The Labute approximate surface area is 138 Å². The Hall–Kier alpha value is -2.84. The first-order valence-corrected chi connectivity index (χ1v) is 8.08. The van der Waals surface area contributed by atoms with E-state index in [-0.39, 0.29) is 0 Å². The minimum Gasteiger partial charge on any atom is -0.462 e. The number of aromatic nitrogens is 2. The number of thiophene rings is 1. The lowest BCUT2D eigenvalue weighted by Crippen LogP contribution is -2.05. The van der Waals surface area contributed by atoms with Gasteiger partial charge in [0.05, 0.1) is 12.3 Å². The summed E-state index contributed by atoms with van der Waals surface area (Å²) in [5.41, 5.74) is 2.55. The molecule has 0 atom stereocenters. The van der Waals surface area contributed by atoms with E-state index in [2.05, 4.69) is 16.9 Å². The van der Waals surface area contributed by atoms with Gasteiger partial charge in [-0.2, -0.15) is 16.4 Å². The van der Waals surface area contributed by atoms with Crippen molar-refractivity contribution in [2.45, 2.75) is 6.92 Å². The second-order valence-electron chi connectivity index (χ2n) is 4.65. The highest BCUT2D eigenvalue weighted by atomic mass is 32.1. The Kier molecular flexibility index (Phi) is 4.55. The summed E-state index contributed by atoms with van der Waals surface area (Å²) in [4.78, 5) is 12.1. The minimum absolute atomic E-state index is 0.312. The molecule has 0 amide bonds. The summed E-state index contributed by atoms with van der Waals surface area (Å²) in [6, 6.07) is 11.5. The molecular weight excluding hydrogens is 308 g/mol. The fourth-order valence-corrected chi connectivity index (χ4v) is 2.59. The third kappa shape index (κ3) is 3.50. The van der Waals surface area contributed by atoms with Crippen molar-refractivity contribution in [1.29, 1.82) is 0 Å². The summed E-state index contributed by atoms with van der Waals surface area (Å²) < 4.78 is 6.74. The predicted octanol–water partition coefficient (Wildman–Crippen LogP) is 3.51. The van der Waals surface area contributed by atoms with Crippen molar-refractivity contribution in [2.75, 3.05) is 6.61 Å². The van der Waals surface area contributed by atoms with Crippen molar-refractivity contribution >= 4 is 17.3 Å². The van der Waals surface area contributed by atoms with Gasteiger partial charge in [0.25, 0.3) is 0 Å². The number of carbonyl (C=O) groups excluding carboxylic acids is 1. The first-order chi connectivity index (χ1) is 11.3. The van der Waals surface area contributed by atoms with Gasteiger partial charge in [0.1, 0.15) is 5.56 Å². The number of hydrogen-bond donors (Lipinski definition) is 0. The molecule has 114 valence electrons. The van der Waals surface area contributed by atoms with Crippen LogP contribution in [0.5, 0.6) is 0 Å². The highest BCUT2D eigenvalue weighted by Gasteiger charge is 2.17. The van der Waals surface area contributed by atoms with E-state index in [0.717, 1.165) is 11.3 Å². The molecule has 0 N–H and O–H groups in total. The van der Waals surface area contributed by atoms with Gasteiger partial charge in [-0.3, -0.25) is 0 Å². The first-order valence-electron chi connectivity index (χ1n) is 7.14. The van der Waals surface area contributed by atoms with Crippen LogP contribution in [-0.4, -0.2) is 22.4 Å². The van der Waals surface area contributed by atoms with Crippen molar-refractivity contribution in [1.82, 2.24) is 9.78 Å². The molecular formula is C18H14N2O2S. The summed E-state index contributed by atoms with van der Waals surface area (Å²) >= 11 is 1.58. The molecule has 0 aliphatic rings. The van der Waals surface area contributed by atoms with Gasteiger partial charge in [-0.1, -0.05) is 24.1 Å². The van der Waals surface area contributed by atoms with Crippen LogP contribution in [0.15, 0.2) is 53.4 Å². The zero-order valence-electron chi connectivity index (χ0n) is 12.5. The number of carbonyl (C=O) groups is 1. The molecule has 0 bridgehead atoms. The van der Waals surface area contributed by atoms with Crippen molar-refractivity contribution in [2.24, 2.45) is 0 Å². The van der Waals surface area contributed by atoms with Crippen molar-refractivity contribution in [3.63, 3.8) is 0 Å². The molecule has 0 unspecified atom stereocenters. The number of rotatable bonds is 3. The van der Waals surface area contributed by atoms with Gasteiger partial charge < -0.3 is 4.74 Å². The lowest BCUT2D eigenvalue weighted by molar-refractivity contribution is 0.0526. The van der Waals surface area contributed by atoms with Crippen LogP contribution in [0.3, 0.4) is 0 Å². The van der Waals surface area contributed by atoms with Gasteiger partial charge in [0.15, 0.2) is 5.69 Å². The van der Waals surface area contributed by atoms with Crippen LogP contribution in [0.25, 0.3) is 5.69 Å². The normalized spacial score (nSPS) is 9.96. The first kappa shape index (κ1) is 15.1. The lowest BCUT2D eigenvalue weighted by atomic mass is 10.2. The van der Waals surface area contributed by atoms with E-state index < -0.39 is 5.97 Å². The minimum atomic E-state index is -0.413. The molecule has 23 heavy (non-hydrogen) atoms. The number of esters is 1. The molecule has 3 aromatic rings. The largest absolute Gasteiger partial charge is 0.462 e. The smallest absolute Gasteiger partial charge is 0.342 e. The van der Waals surface area contributed by atoms with Gasteiger partial charge >= 0.3 is 5.97 Å². The second kappa shape index (κ2) is 6.95. The quantitative estimate of drug-likeness (QED) is 0.547. The average Bonchev–Trinajstić information content (AvgIpc) is 3.23. The zero-order chi connectivity index (χ0) is 16.1. The molecule has 2 heterocycles. The summed E-state index contributed by atoms with van der Waals surface area (Å²) in [6.07, 6.45) is 1.66. The van der Waals surface area contributed by atoms with Gasteiger partial charge in [-0.25, -0.2) is 9.48 Å². The lowest BCUT2D eigenvalue weighted by Gasteiger charge is -1.99. The average molecular weight is 322 g/mol. The highest BCUT2D eigenvalue weighted by molar-refractivity contribution is 7.08. The molecule has 0 spiro atoms. The molecule has 0 aliphatic carbocycles. The summed E-state index contributed by atoms with van der Waals surface area (Å²) in [6.45, 7) is 2.09. The fourth-order valence-electron chi connectivity index (χ4n) is 2.00. The maximum absolute atomic E-state index is 12.1. The Morgan fingerprint density at radius 2 is 2.09 bits per heavy atom. The third-order valence-corrected chi connectivity index (χ3v) is 3.76. The van der Waals surface area contributed by atoms with E-state index in [1.54, 1.807) is 29.1 Å². The topological polar surface area (TPSA) is 44.1 Å². The standard InChI is InChI=1S/C18H14N2O2S/c1-2-22-18(21)16-12-20(15-6-4-3-5-7-15)19-17(16)9-8-14-10-11-23-13-14/h3-7,10-13H,2H2,1H3. The molecule has 0 radical (unpaired) electrons. The van der Waals surface area contributed by atoms with Gasteiger partial charge in [0.2, 0.25) is 0 Å². The van der Waals surface area contributed by atoms with Crippen LogP contribution in [-0.2, 0) is 4.74 Å². The molecule has 2 aromatic heterocycles. The van der Waals surface area contributed by atoms with Crippen molar-refractivity contribution < 1.29 is 9.53 Å². The van der Waals surface area contributed by atoms with Gasteiger partial charge in [0, 0.05) is 17.1 Å². The maximum Gasteiger partial charge on any atom is 0.342 e. The fraction of sp³-hybridized carbons (Fsp3) is 0.111. The molecule has 4 nitrogen and oxygen atoms in total. The van der Waals surface area contributed by atoms with Crippen LogP contribution in [0, 0.1) is 11.8 Å². The molecule has 5 heteroatoms. The van der Waals surface area contributed by atoms with Crippen LogP contribution in [0.1, 0.15) is 28.5 Å². The van der Waals surface area contributed by atoms with Crippen LogP contribution in [0.2, 0.25) is 0 Å². The summed E-state index contributed by atoms with van der Waals surface area (Å²) in [5, 5.41) is 8.34. The van der Waals surface area contributed by atoms with E-state index in [9.17, 15) is 4.79 Å². The van der Waals surface area contributed by atoms with E-state index in [0.29, 0.717) is 17.9 Å². The summed E-state index contributed by atoms with van der Waals surface area (Å²) in [7, 11) is 0. The van der Waals surface area contributed by atoms with Crippen LogP contribution < -0.4 is 0 Å². The predicted molar refractivity (Wildman–Crippen MR) is 89.8 cm³/mol. The van der Waals surface area contributed by atoms with E-state index in [4.69, 9.17) is 4.74 Å². The maximum atomic E-state index is 12.1. The Morgan fingerprint density at radius 3 is 2.78 bits per heavy atom. The van der Waals surface area contributed by atoms with Gasteiger partial charge in [-0.05, 0) is 36.4 Å². The molecule has 1 aromatic carbocycles. The molecule has 0 saturated heterocycles. The van der Waals surface area contributed by atoms with E-state index in [1.165, 1.54) is 0 Å². The summed E-state index contributed by atoms with van der Waals surface area (Å²) in [5.74, 6) is 5.58. The second-order valence-corrected chi connectivity index (χ2v) is 5.43.